The zero-order chi connectivity index (χ0) is 16.7. The third-order valence-corrected chi connectivity index (χ3v) is 4.32. The number of carbonyl (C=O) groups is 1. The van der Waals surface area contributed by atoms with Crippen molar-refractivity contribution in [2.45, 2.75) is 26.3 Å². The van der Waals surface area contributed by atoms with Crippen molar-refractivity contribution < 1.29 is 4.79 Å². The number of likely N-dealkylation sites (N-methyl/N-ethyl adjacent to an activating group) is 1. The van der Waals surface area contributed by atoms with Crippen molar-refractivity contribution in [1.82, 2.24) is 4.90 Å². The Kier molecular flexibility index (Phi) is 6.36. The minimum absolute atomic E-state index is 0.125. The molecule has 0 radical (unpaired) electrons. The van der Waals surface area contributed by atoms with Gasteiger partial charge in [0.1, 0.15) is 0 Å². The molecule has 0 aromatic heterocycles. The Morgan fingerprint density at radius 3 is 2.17 bits per heavy atom. The summed E-state index contributed by atoms with van der Waals surface area (Å²) in [5, 5.41) is 0. The van der Waals surface area contributed by atoms with E-state index in [0.29, 0.717) is 6.54 Å². The normalized spacial score (nSPS) is 13.3. The zero-order valence-corrected chi connectivity index (χ0v) is 14.0. The fraction of sp³-hybridized carbons (Fsp3) is 0.350. The molecule has 0 aliphatic rings. The molecule has 2 aromatic rings. The van der Waals surface area contributed by atoms with E-state index in [2.05, 4.69) is 12.1 Å². The highest BCUT2D eigenvalue weighted by atomic mass is 16.2. The summed E-state index contributed by atoms with van der Waals surface area (Å²) in [4.78, 5) is 14.7. The summed E-state index contributed by atoms with van der Waals surface area (Å²) < 4.78 is 0. The molecule has 3 nitrogen and oxygen atoms in total. The highest BCUT2D eigenvalue weighted by Gasteiger charge is 2.25. The number of hydrogen-bond acceptors (Lipinski definition) is 2. The molecular formula is C20H26N2O. The molecule has 2 unspecified atom stereocenters. The third kappa shape index (κ3) is 4.67. The molecule has 2 rings (SSSR count). The van der Waals surface area contributed by atoms with Gasteiger partial charge in [0.15, 0.2) is 0 Å². The van der Waals surface area contributed by atoms with Gasteiger partial charge in [0.2, 0.25) is 5.91 Å². The molecule has 0 saturated heterocycles. The summed E-state index contributed by atoms with van der Waals surface area (Å²) in [5.41, 5.74) is 8.55. The summed E-state index contributed by atoms with van der Waals surface area (Å²) in [6.45, 7) is 5.37. The highest BCUT2D eigenvalue weighted by molar-refractivity contribution is 5.79. The van der Waals surface area contributed by atoms with E-state index in [9.17, 15) is 4.79 Å². The monoisotopic (exact) mass is 310 g/mol. The molecule has 2 N–H and O–H groups in total. The molecule has 2 atom stereocenters. The Morgan fingerprint density at radius 2 is 1.61 bits per heavy atom. The lowest BCUT2D eigenvalue weighted by molar-refractivity contribution is -0.135. The van der Waals surface area contributed by atoms with Crippen LogP contribution in [0.25, 0.3) is 0 Å². The largest absolute Gasteiger partial charge is 0.342 e. The van der Waals surface area contributed by atoms with Crippen molar-refractivity contribution in [2.24, 2.45) is 11.7 Å². The quantitative estimate of drug-likeness (QED) is 0.852. The Balaban J connectivity index is 1.98. The highest BCUT2D eigenvalue weighted by Crippen LogP contribution is 2.21. The molecule has 0 bridgehead atoms. The molecule has 0 aliphatic carbocycles. The molecule has 1 amide bonds. The zero-order valence-electron chi connectivity index (χ0n) is 14.0. The van der Waals surface area contributed by atoms with Crippen LogP contribution in [0, 0.1) is 5.92 Å². The van der Waals surface area contributed by atoms with Crippen molar-refractivity contribution in [3.05, 3.63) is 71.8 Å². The maximum atomic E-state index is 12.8. The van der Waals surface area contributed by atoms with Gasteiger partial charge in [-0.15, -0.1) is 0 Å². The summed E-state index contributed by atoms with van der Waals surface area (Å²) in [7, 11) is 0. The minimum Gasteiger partial charge on any atom is -0.342 e. The summed E-state index contributed by atoms with van der Waals surface area (Å²) in [6, 6.07) is 19.8. The fourth-order valence-corrected chi connectivity index (χ4v) is 2.74. The van der Waals surface area contributed by atoms with Crippen LogP contribution in [0.15, 0.2) is 60.7 Å². The molecule has 23 heavy (non-hydrogen) atoms. The Hall–Kier alpha value is -2.13. The second kappa shape index (κ2) is 8.49. The van der Waals surface area contributed by atoms with E-state index in [-0.39, 0.29) is 17.9 Å². The van der Waals surface area contributed by atoms with Gasteiger partial charge in [-0.1, -0.05) is 67.6 Å². The number of benzene rings is 2. The first-order valence-corrected chi connectivity index (χ1v) is 8.26. The Morgan fingerprint density at radius 1 is 1.04 bits per heavy atom. The topological polar surface area (TPSA) is 46.3 Å². The molecule has 0 aliphatic heterocycles. The van der Waals surface area contributed by atoms with E-state index in [4.69, 9.17) is 5.73 Å². The molecule has 0 heterocycles. The standard InChI is InChI=1S/C20H26N2O/c1-3-22(15-14-17-10-6-4-7-11-17)20(23)16(2)19(21)18-12-8-5-9-13-18/h4-13,16,19H,3,14-15,21H2,1-2H3. The maximum Gasteiger partial charge on any atom is 0.227 e. The number of amides is 1. The molecule has 0 fully saturated rings. The Bertz CT molecular complexity index is 598. The maximum absolute atomic E-state index is 12.8. The van der Waals surface area contributed by atoms with E-state index in [0.717, 1.165) is 18.5 Å². The van der Waals surface area contributed by atoms with Gasteiger partial charge in [-0.3, -0.25) is 4.79 Å². The van der Waals surface area contributed by atoms with Crippen LogP contribution in [-0.4, -0.2) is 23.9 Å². The summed E-state index contributed by atoms with van der Waals surface area (Å²) >= 11 is 0. The lowest BCUT2D eigenvalue weighted by Gasteiger charge is -2.27. The fourth-order valence-electron chi connectivity index (χ4n) is 2.74. The molecule has 0 saturated carbocycles. The molecular weight excluding hydrogens is 284 g/mol. The van der Waals surface area contributed by atoms with Crippen LogP contribution in [0.4, 0.5) is 0 Å². The van der Waals surface area contributed by atoms with Crippen molar-refractivity contribution in [3.63, 3.8) is 0 Å². The first kappa shape index (κ1) is 17.2. The van der Waals surface area contributed by atoms with Crippen LogP contribution in [0.5, 0.6) is 0 Å². The van der Waals surface area contributed by atoms with Crippen molar-refractivity contribution in [2.75, 3.05) is 13.1 Å². The van der Waals surface area contributed by atoms with Crippen molar-refractivity contribution in [3.8, 4) is 0 Å². The van der Waals surface area contributed by atoms with E-state index in [1.807, 2.05) is 67.3 Å². The number of nitrogens with zero attached hydrogens (tertiary/aromatic N) is 1. The van der Waals surface area contributed by atoms with Gasteiger partial charge in [-0.2, -0.15) is 0 Å². The van der Waals surface area contributed by atoms with Crippen LogP contribution < -0.4 is 5.73 Å². The lowest BCUT2D eigenvalue weighted by Crippen LogP contribution is -2.40. The van der Waals surface area contributed by atoms with E-state index >= 15 is 0 Å². The van der Waals surface area contributed by atoms with Crippen LogP contribution in [0.3, 0.4) is 0 Å². The predicted molar refractivity (Wildman–Crippen MR) is 94.9 cm³/mol. The minimum atomic E-state index is -0.269. The first-order valence-electron chi connectivity index (χ1n) is 8.26. The Labute approximate surface area is 139 Å². The van der Waals surface area contributed by atoms with Gasteiger partial charge in [-0.05, 0) is 24.5 Å². The van der Waals surface area contributed by atoms with Crippen LogP contribution in [0.2, 0.25) is 0 Å². The predicted octanol–water partition coefficient (Wildman–Crippen LogP) is 3.41. The second-order valence-electron chi connectivity index (χ2n) is 5.88. The summed E-state index contributed by atoms with van der Waals surface area (Å²) in [5.74, 6) is -0.104. The average molecular weight is 310 g/mol. The first-order chi connectivity index (χ1) is 11.1. The van der Waals surface area contributed by atoms with E-state index in [1.54, 1.807) is 0 Å². The smallest absolute Gasteiger partial charge is 0.227 e. The average Bonchev–Trinajstić information content (AvgIpc) is 2.62. The van der Waals surface area contributed by atoms with Gasteiger partial charge >= 0.3 is 0 Å². The van der Waals surface area contributed by atoms with Crippen LogP contribution >= 0.6 is 0 Å². The van der Waals surface area contributed by atoms with Crippen LogP contribution in [0.1, 0.15) is 31.0 Å². The van der Waals surface area contributed by atoms with Gasteiger partial charge in [0.25, 0.3) is 0 Å². The van der Waals surface area contributed by atoms with Crippen molar-refractivity contribution >= 4 is 5.91 Å². The van der Waals surface area contributed by atoms with Crippen LogP contribution in [-0.2, 0) is 11.2 Å². The molecule has 0 spiro atoms. The van der Waals surface area contributed by atoms with Gasteiger partial charge < -0.3 is 10.6 Å². The molecule has 3 heteroatoms. The number of carbonyl (C=O) groups excluding carboxylic acids is 1. The molecule has 2 aromatic carbocycles. The van der Waals surface area contributed by atoms with E-state index in [1.165, 1.54) is 5.56 Å². The van der Waals surface area contributed by atoms with Gasteiger partial charge in [0, 0.05) is 19.1 Å². The number of rotatable bonds is 7. The molecule has 122 valence electrons. The second-order valence-corrected chi connectivity index (χ2v) is 5.88. The lowest BCUT2D eigenvalue weighted by atomic mass is 9.94. The van der Waals surface area contributed by atoms with E-state index < -0.39 is 0 Å². The van der Waals surface area contributed by atoms with Crippen molar-refractivity contribution in [1.29, 1.82) is 0 Å². The van der Waals surface area contributed by atoms with Gasteiger partial charge in [0.05, 0.1) is 5.92 Å². The van der Waals surface area contributed by atoms with Gasteiger partial charge in [-0.25, -0.2) is 0 Å². The number of hydrogen-bond donors (Lipinski definition) is 1. The SMILES string of the molecule is CCN(CCc1ccccc1)C(=O)C(C)C(N)c1ccccc1. The third-order valence-electron chi connectivity index (χ3n) is 4.32. The summed E-state index contributed by atoms with van der Waals surface area (Å²) in [6.07, 6.45) is 0.869. The number of nitrogens with two attached hydrogens (primary N) is 1.